The molecule has 1 heterocycles. The van der Waals surface area contributed by atoms with Crippen LogP contribution in [0.4, 0.5) is 0 Å². The summed E-state index contributed by atoms with van der Waals surface area (Å²) in [4.78, 5) is 14.5. The van der Waals surface area contributed by atoms with Gasteiger partial charge < -0.3 is 10.6 Å². The number of nitrogens with zero attached hydrogens (tertiary/aromatic N) is 1. The number of hydrogen-bond acceptors (Lipinski definition) is 2. The fourth-order valence-corrected chi connectivity index (χ4v) is 3.65. The first-order valence-corrected chi connectivity index (χ1v) is 7.12. The van der Waals surface area contributed by atoms with Crippen LogP contribution in [0.15, 0.2) is 0 Å². The number of hydrogen-bond donors (Lipinski definition) is 1. The Kier molecular flexibility index (Phi) is 2.51. The monoisotopic (exact) mass is 236 g/mol. The minimum atomic E-state index is -0.0802. The van der Waals surface area contributed by atoms with Gasteiger partial charge in [0.15, 0.2) is 0 Å². The van der Waals surface area contributed by atoms with Gasteiger partial charge in [-0.2, -0.15) is 0 Å². The largest absolute Gasteiger partial charge is 0.338 e. The molecule has 0 unspecified atom stereocenters. The first-order valence-electron chi connectivity index (χ1n) is 7.12. The van der Waals surface area contributed by atoms with E-state index in [0.29, 0.717) is 11.8 Å². The van der Waals surface area contributed by atoms with Crippen LogP contribution in [0.25, 0.3) is 0 Å². The lowest BCUT2D eigenvalue weighted by Crippen LogP contribution is -2.71. The van der Waals surface area contributed by atoms with Gasteiger partial charge >= 0.3 is 0 Å². The van der Waals surface area contributed by atoms with Crippen LogP contribution in [0.2, 0.25) is 0 Å². The zero-order valence-corrected chi connectivity index (χ0v) is 10.9. The van der Waals surface area contributed by atoms with E-state index in [2.05, 4.69) is 6.92 Å². The lowest BCUT2D eigenvalue weighted by atomic mass is 9.73. The Morgan fingerprint density at radius 1 is 1.18 bits per heavy atom. The van der Waals surface area contributed by atoms with Crippen molar-refractivity contribution in [2.45, 2.75) is 57.4 Å². The van der Waals surface area contributed by atoms with E-state index in [4.69, 9.17) is 5.73 Å². The molecule has 3 rings (SSSR count). The molecule has 17 heavy (non-hydrogen) atoms. The van der Waals surface area contributed by atoms with Crippen LogP contribution in [0, 0.1) is 11.3 Å². The summed E-state index contributed by atoms with van der Waals surface area (Å²) in [5.41, 5.74) is 6.21. The average molecular weight is 236 g/mol. The molecule has 2 N–H and O–H groups in total. The Balaban J connectivity index is 1.60. The van der Waals surface area contributed by atoms with E-state index in [0.717, 1.165) is 25.9 Å². The maximum atomic E-state index is 12.5. The van der Waals surface area contributed by atoms with E-state index in [1.54, 1.807) is 0 Å². The average Bonchev–Trinajstić information content (AvgIpc) is 3.09. The third kappa shape index (κ3) is 1.88. The van der Waals surface area contributed by atoms with Crippen LogP contribution in [0.5, 0.6) is 0 Å². The fraction of sp³-hybridized carbons (Fsp3) is 0.929. The van der Waals surface area contributed by atoms with Gasteiger partial charge in [-0.15, -0.1) is 0 Å². The summed E-state index contributed by atoms with van der Waals surface area (Å²) in [6.45, 7) is 3.78. The maximum absolute atomic E-state index is 12.5. The second-order valence-electron chi connectivity index (χ2n) is 6.79. The summed E-state index contributed by atoms with van der Waals surface area (Å²) < 4.78 is 0. The highest BCUT2D eigenvalue weighted by Crippen LogP contribution is 2.45. The van der Waals surface area contributed by atoms with Crippen LogP contribution in [-0.2, 0) is 4.79 Å². The highest BCUT2D eigenvalue weighted by Gasteiger charge is 2.53. The molecule has 3 heteroatoms. The molecule has 3 fully saturated rings. The summed E-state index contributed by atoms with van der Waals surface area (Å²) in [6, 6.07) is 0. The van der Waals surface area contributed by atoms with Gasteiger partial charge in [0.1, 0.15) is 0 Å². The van der Waals surface area contributed by atoms with Gasteiger partial charge in [-0.3, -0.25) is 4.79 Å². The summed E-state index contributed by atoms with van der Waals surface area (Å²) in [7, 11) is 0. The molecular formula is C14H24N2O. The molecule has 0 aromatic rings. The molecule has 96 valence electrons. The minimum Gasteiger partial charge on any atom is -0.338 e. The molecule has 0 radical (unpaired) electrons. The summed E-state index contributed by atoms with van der Waals surface area (Å²) >= 11 is 0. The molecule has 0 bridgehead atoms. The first-order chi connectivity index (χ1) is 8.04. The Morgan fingerprint density at radius 2 is 1.76 bits per heavy atom. The number of likely N-dealkylation sites (tertiary alicyclic amines) is 1. The third-order valence-corrected chi connectivity index (χ3v) is 5.12. The number of amides is 1. The van der Waals surface area contributed by atoms with Crippen LogP contribution < -0.4 is 5.73 Å². The van der Waals surface area contributed by atoms with Gasteiger partial charge in [-0.25, -0.2) is 0 Å². The Hall–Kier alpha value is -0.570. The van der Waals surface area contributed by atoms with Gasteiger partial charge in [0.25, 0.3) is 0 Å². The van der Waals surface area contributed by atoms with Crippen molar-refractivity contribution < 1.29 is 4.79 Å². The predicted octanol–water partition coefficient (Wildman–Crippen LogP) is 1.91. The molecule has 1 aliphatic heterocycles. The molecule has 3 nitrogen and oxygen atoms in total. The Bertz CT molecular complexity index is 323. The number of rotatable bonds is 2. The van der Waals surface area contributed by atoms with Crippen LogP contribution >= 0.6 is 0 Å². The second kappa shape index (κ2) is 3.71. The minimum absolute atomic E-state index is 0.0271. The highest BCUT2D eigenvalue weighted by molar-refractivity contribution is 5.83. The Labute approximate surface area is 104 Å². The maximum Gasteiger partial charge on any atom is 0.228 e. The first kappa shape index (κ1) is 11.5. The molecule has 2 aliphatic carbocycles. The van der Waals surface area contributed by atoms with Crippen molar-refractivity contribution in [3.63, 3.8) is 0 Å². The molecule has 0 atom stereocenters. The van der Waals surface area contributed by atoms with Crippen molar-refractivity contribution in [3.05, 3.63) is 0 Å². The van der Waals surface area contributed by atoms with E-state index in [1.165, 1.54) is 32.1 Å². The van der Waals surface area contributed by atoms with E-state index in [1.807, 2.05) is 4.90 Å². The summed E-state index contributed by atoms with van der Waals surface area (Å²) in [5, 5.41) is 0. The summed E-state index contributed by atoms with van der Waals surface area (Å²) in [6.07, 6.45) is 8.42. The van der Waals surface area contributed by atoms with Crippen molar-refractivity contribution >= 4 is 5.91 Å². The van der Waals surface area contributed by atoms with E-state index < -0.39 is 0 Å². The van der Waals surface area contributed by atoms with E-state index in [9.17, 15) is 4.79 Å². The van der Waals surface area contributed by atoms with Crippen LogP contribution in [0.1, 0.15) is 51.9 Å². The van der Waals surface area contributed by atoms with Crippen molar-refractivity contribution in [1.82, 2.24) is 4.90 Å². The van der Waals surface area contributed by atoms with Crippen molar-refractivity contribution in [2.24, 2.45) is 17.1 Å². The molecule has 0 aromatic heterocycles. The van der Waals surface area contributed by atoms with Crippen LogP contribution in [-0.4, -0.2) is 29.4 Å². The lowest BCUT2D eigenvalue weighted by molar-refractivity contribution is -0.151. The molecule has 1 saturated heterocycles. The van der Waals surface area contributed by atoms with Gasteiger partial charge in [0, 0.05) is 18.5 Å². The second-order valence-corrected chi connectivity index (χ2v) is 6.79. The molecule has 2 saturated carbocycles. The van der Waals surface area contributed by atoms with Crippen LogP contribution in [0.3, 0.4) is 0 Å². The highest BCUT2D eigenvalue weighted by atomic mass is 16.2. The molecular weight excluding hydrogens is 212 g/mol. The molecule has 0 aromatic carbocycles. The number of carbonyl (C=O) groups is 1. The number of nitrogens with two attached hydrogens (primary N) is 1. The molecule has 3 aliphatic rings. The lowest BCUT2D eigenvalue weighted by Gasteiger charge is -2.51. The van der Waals surface area contributed by atoms with Gasteiger partial charge in [0.05, 0.1) is 5.54 Å². The predicted molar refractivity (Wildman–Crippen MR) is 67.4 cm³/mol. The fourth-order valence-electron chi connectivity index (χ4n) is 3.65. The topological polar surface area (TPSA) is 46.3 Å². The van der Waals surface area contributed by atoms with Gasteiger partial charge in [0.2, 0.25) is 5.91 Å². The van der Waals surface area contributed by atoms with E-state index >= 15 is 0 Å². The Morgan fingerprint density at radius 3 is 2.29 bits per heavy atom. The third-order valence-electron chi connectivity index (χ3n) is 5.12. The SMILES string of the molecule is CC1(C(=O)N2CC(N)(C3CC3)C2)CCCCC1. The van der Waals surface area contributed by atoms with Crippen molar-refractivity contribution in [2.75, 3.05) is 13.1 Å². The van der Waals surface area contributed by atoms with E-state index in [-0.39, 0.29) is 11.0 Å². The van der Waals surface area contributed by atoms with Crippen molar-refractivity contribution in [1.29, 1.82) is 0 Å². The standard InChI is InChI=1S/C14H24N2O/c1-13(7-3-2-4-8-13)12(17)16-9-14(15,10-16)11-5-6-11/h11H,2-10,15H2,1H3. The smallest absolute Gasteiger partial charge is 0.228 e. The normalized spacial score (nSPS) is 30.8. The van der Waals surface area contributed by atoms with Crippen molar-refractivity contribution in [3.8, 4) is 0 Å². The molecule has 0 spiro atoms. The zero-order chi connectivity index (χ0) is 12.1. The molecule has 1 amide bonds. The quantitative estimate of drug-likeness (QED) is 0.796. The van der Waals surface area contributed by atoms with Gasteiger partial charge in [-0.05, 0) is 31.6 Å². The number of carbonyl (C=O) groups excluding carboxylic acids is 1. The zero-order valence-electron chi connectivity index (χ0n) is 10.9. The summed E-state index contributed by atoms with van der Waals surface area (Å²) in [5.74, 6) is 1.07. The van der Waals surface area contributed by atoms with Gasteiger partial charge in [-0.1, -0.05) is 26.2 Å².